The summed E-state index contributed by atoms with van der Waals surface area (Å²) in [6.45, 7) is 2.06. The summed E-state index contributed by atoms with van der Waals surface area (Å²) in [5, 5.41) is 8.68. The van der Waals surface area contributed by atoms with Gasteiger partial charge in [-0.15, -0.1) is 0 Å². The molecule has 0 aromatic heterocycles. The van der Waals surface area contributed by atoms with Gasteiger partial charge in [0.05, 0.1) is 24.9 Å². The van der Waals surface area contributed by atoms with Crippen molar-refractivity contribution in [1.29, 1.82) is 0 Å². The Bertz CT molecular complexity index is 108. The van der Waals surface area contributed by atoms with Crippen molar-refractivity contribution >= 4 is 0 Å². The molecule has 0 aromatic rings. The van der Waals surface area contributed by atoms with E-state index in [1.807, 2.05) is 6.92 Å². The molecule has 3 atom stereocenters. The average Bonchev–Trinajstić information content (AvgIpc) is 2.34. The summed E-state index contributed by atoms with van der Waals surface area (Å²) in [4.78, 5) is 0. The maximum absolute atomic E-state index is 8.68. The highest BCUT2D eigenvalue weighted by atomic mass is 16.5. The summed E-state index contributed by atoms with van der Waals surface area (Å²) >= 11 is 0. The minimum Gasteiger partial charge on any atom is -0.395 e. The van der Waals surface area contributed by atoms with Crippen LogP contribution in [0.4, 0.5) is 0 Å². The Kier molecular flexibility index (Phi) is 2.65. The van der Waals surface area contributed by atoms with Crippen LogP contribution in [0.15, 0.2) is 0 Å². The van der Waals surface area contributed by atoms with Crippen LogP contribution in [-0.2, 0) is 4.74 Å². The first kappa shape index (κ1) is 7.98. The monoisotopic (exact) mass is 145 g/mol. The lowest BCUT2D eigenvalue weighted by Gasteiger charge is -2.16. The molecule has 0 saturated carbocycles. The smallest absolute Gasteiger partial charge is 0.0752 e. The molecule has 3 N–H and O–H groups in total. The van der Waals surface area contributed by atoms with E-state index in [0.29, 0.717) is 6.10 Å². The lowest BCUT2D eigenvalue weighted by molar-refractivity contribution is 0.0275. The largest absolute Gasteiger partial charge is 0.395 e. The van der Waals surface area contributed by atoms with Crippen LogP contribution in [0, 0.1) is 0 Å². The summed E-state index contributed by atoms with van der Waals surface area (Å²) in [6.07, 6.45) is 2.46. The SMILES string of the molecule is C[C@H]1CC[C@H]([C@@H](N)CO)O1. The standard InChI is InChI=1S/C7H15NO2/c1-5-2-3-7(10-5)6(8)4-9/h5-7,9H,2-4,8H2,1H3/t5-,6-,7+/m0/s1. The van der Waals surface area contributed by atoms with Crippen molar-refractivity contribution in [3.8, 4) is 0 Å². The topological polar surface area (TPSA) is 55.5 Å². The van der Waals surface area contributed by atoms with Gasteiger partial charge in [0.1, 0.15) is 0 Å². The molecule has 1 heterocycles. The molecule has 1 aliphatic heterocycles. The molecule has 0 spiro atoms. The maximum Gasteiger partial charge on any atom is 0.0752 e. The first-order chi connectivity index (χ1) is 4.74. The van der Waals surface area contributed by atoms with Crippen LogP contribution in [0.25, 0.3) is 0 Å². The fraction of sp³-hybridized carbons (Fsp3) is 1.00. The summed E-state index contributed by atoms with van der Waals surface area (Å²) in [6, 6.07) is -0.190. The number of hydrogen-bond acceptors (Lipinski definition) is 3. The molecule has 3 heteroatoms. The van der Waals surface area contributed by atoms with E-state index in [1.165, 1.54) is 0 Å². The number of nitrogens with two attached hydrogens (primary N) is 1. The predicted molar refractivity (Wildman–Crippen MR) is 38.6 cm³/mol. The Morgan fingerprint density at radius 1 is 1.70 bits per heavy atom. The minimum absolute atomic E-state index is 0.0252. The molecule has 3 nitrogen and oxygen atoms in total. The fourth-order valence-electron chi connectivity index (χ4n) is 1.27. The van der Waals surface area contributed by atoms with Crippen LogP contribution >= 0.6 is 0 Å². The van der Waals surface area contributed by atoms with Crippen molar-refractivity contribution < 1.29 is 9.84 Å². The van der Waals surface area contributed by atoms with E-state index in [9.17, 15) is 0 Å². The molecule has 0 amide bonds. The molecule has 0 aromatic carbocycles. The van der Waals surface area contributed by atoms with Gasteiger partial charge in [-0.2, -0.15) is 0 Å². The molecule has 1 saturated heterocycles. The van der Waals surface area contributed by atoms with Crippen LogP contribution < -0.4 is 5.73 Å². The number of aliphatic hydroxyl groups is 1. The number of rotatable bonds is 2. The highest BCUT2D eigenvalue weighted by Crippen LogP contribution is 2.20. The van der Waals surface area contributed by atoms with Crippen molar-refractivity contribution in [2.24, 2.45) is 5.73 Å². The quantitative estimate of drug-likeness (QED) is 0.569. The molecule has 1 aliphatic rings. The van der Waals surface area contributed by atoms with Crippen LogP contribution in [0.2, 0.25) is 0 Å². The van der Waals surface area contributed by atoms with Crippen LogP contribution in [0.5, 0.6) is 0 Å². The zero-order chi connectivity index (χ0) is 7.56. The van der Waals surface area contributed by atoms with Gasteiger partial charge in [0, 0.05) is 0 Å². The van der Waals surface area contributed by atoms with Gasteiger partial charge in [-0.25, -0.2) is 0 Å². The van der Waals surface area contributed by atoms with E-state index in [0.717, 1.165) is 12.8 Å². The van der Waals surface area contributed by atoms with Crippen molar-refractivity contribution in [2.75, 3.05) is 6.61 Å². The van der Waals surface area contributed by atoms with Gasteiger partial charge in [0.2, 0.25) is 0 Å². The molecule has 1 rings (SSSR count). The third-order valence-electron chi connectivity index (χ3n) is 1.95. The summed E-state index contributed by atoms with van der Waals surface area (Å²) in [7, 11) is 0. The second-order valence-electron chi connectivity index (χ2n) is 2.91. The van der Waals surface area contributed by atoms with E-state index in [1.54, 1.807) is 0 Å². The Hall–Kier alpha value is -0.120. The first-order valence-electron chi connectivity index (χ1n) is 3.76. The molecule has 0 aliphatic carbocycles. The molecule has 10 heavy (non-hydrogen) atoms. The van der Waals surface area contributed by atoms with Gasteiger partial charge in [-0.1, -0.05) is 0 Å². The molecule has 0 radical (unpaired) electrons. The lowest BCUT2D eigenvalue weighted by Crippen LogP contribution is -2.37. The third-order valence-corrected chi connectivity index (χ3v) is 1.95. The molecule has 1 fully saturated rings. The van der Waals surface area contributed by atoms with Crippen molar-refractivity contribution in [2.45, 2.75) is 38.0 Å². The van der Waals surface area contributed by atoms with Crippen LogP contribution in [0.1, 0.15) is 19.8 Å². The highest BCUT2D eigenvalue weighted by molar-refractivity contribution is 4.79. The lowest BCUT2D eigenvalue weighted by atomic mass is 10.1. The van der Waals surface area contributed by atoms with Gasteiger partial charge in [-0.3, -0.25) is 0 Å². The van der Waals surface area contributed by atoms with Gasteiger partial charge >= 0.3 is 0 Å². The van der Waals surface area contributed by atoms with Crippen molar-refractivity contribution in [1.82, 2.24) is 0 Å². The third kappa shape index (κ3) is 1.68. The zero-order valence-corrected chi connectivity index (χ0v) is 6.29. The van der Waals surface area contributed by atoms with Crippen LogP contribution in [-0.4, -0.2) is 30.0 Å². The van der Waals surface area contributed by atoms with Gasteiger partial charge < -0.3 is 15.6 Å². The molecule has 0 unspecified atom stereocenters. The normalized spacial score (nSPS) is 36.3. The number of ether oxygens (including phenoxy) is 1. The maximum atomic E-state index is 8.68. The van der Waals surface area contributed by atoms with Gasteiger partial charge in [-0.05, 0) is 19.8 Å². The van der Waals surface area contributed by atoms with Crippen molar-refractivity contribution in [3.63, 3.8) is 0 Å². The number of hydrogen-bond donors (Lipinski definition) is 2. The number of aliphatic hydroxyl groups excluding tert-OH is 1. The van der Waals surface area contributed by atoms with Crippen LogP contribution in [0.3, 0.4) is 0 Å². The fourth-order valence-corrected chi connectivity index (χ4v) is 1.27. The van der Waals surface area contributed by atoms with E-state index in [2.05, 4.69) is 0 Å². The Balaban J connectivity index is 2.29. The second kappa shape index (κ2) is 3.32. The second-order valence-corrected chi connectivity index (χ2v) is 2.91. The Morgan fingerprint density at radius 2 is 2.40 bits per heavy atom. The summed E-state index contributed by atoms with van der Waals surface area (Å²) < 4.78 is 5.43. The predicted octanol–water partition coefficient (Wildman–Crippen LogP) is -0.126. The van der Waals surface area contributed by atoms with E-state index < -0.39 is 0 Å². The minimum atomic E-state index is -0.190. The molecular weight excluding hydrogens is 130 g/mol. The molecule has 60 valence electrons. The molecule has 0 bridgehead atoms. The zero-order valence-electron chi connectivity index (χ0n) is 6.29. The Morgan fingerprint density at radius 3 is 2.80 bits per heavy atom. The van der Waals surface area contributed by atoms with E-state index in [-0.39, 0.29) is 18.8 Å². The van der Waals surface area contributed by atoms with Crippen molar-refractivity contribution in [3.05, 3.63) is 0 Å². The highest BCUT2D eigenvalue weighted by Gasteiger charge is 2.26. The summed E-state index contributed by atoms with van der Waals surface area (Å²) in [5.74, 6) is 0. The Labute approximate surface area is 61.2 Å². The summed E-state index contributed by atoms with van der Waals surface area (Å²) in [5.41, 5.74) is 5.57. The van der Waals surface area contributed by atoms with Gasteiger partial charge in [0.15, 0.2) is 0 Å². The van der Waals surface area contributed by atoms with E-state index in [4.69, 9.17) is 15.6 Å². The first-order valence-corrected chi connectivity index (χ1v) is 3.76. The van der Waals surface area contributed by atoms with E-state index >= 15 is 0 Å². The average molecular weight is 145 g/mol. The van der Waals surface area contributed by atoms with Gasteiger partial charge in [0.25, 0.3) is 0 Å². The molecular formula is C7H15NO2.